The highest BCUT2D eigenvalue weighted by atomic mass is 19.1. The van der Waals surface area contributed by atoms with Gasteiger partial charge in [0, 0.05) is 5.92 Å². The molecular formula is C15H23F. The molecule has 90 valence electrons. The van der Waals surface area contributed by atoms with E-state index in [9.17, 15) is 4.39 Å². The number of benzene rings is 1. The number of halogens is 1. The monoisotopic (exact) mass is 222 g/mol. The van der Waals surface area contributed by atoms with E-state index in [2.05, 4.69) is 52.0 Å². The summed E-state index contributed by atoms with van der Waals surface area (Å²) in [6.07, 6.45) is 0.928. The van der Waals surface area contributed by atoms with E-state index >= 15 is 0 Å². The van der Waals surface area contributed by atoms with Crippen molar-refractivity contribution in [2.75, 3.05) is 6.67 Å². The summed E-state index contributed by atoms with van der Waals surface area (Å²) in [6.45, 7) is 8.39. The molecule has 0 aromatic heterocycles. The van der Waals surface area contributed by atoms with Crippen LogP contribution < -0.4 is 0 Å². The lowest BCUT2D eigenvalue weighted by Gasteiger charge is -2.16. The first-order chi connectivity index (χ1) is 7.54. The lowest BCUT2D eigenvalue weighted by Crippen LogP contribution is -2.05. The van der Waals surface area contributed by atoms with Crippen LogP contribution in [-0.4, -0.2) is 6.67 Å². The fourth-order valence-electron chi connectivity index (χ4n) is 2.01. The van der Waals surface area contributed by atoms with Crippen LogP contribution in [0.2, 0.25) is 0 Å². The van der Waals surface area contributed by atoms with Crippen molar-refractivity contribution in [3.63, 3.8) is 0 Å². The molecule has 0 aliphatic carbocycles. The normalized spacial score (nSPS) is 13.4. The van der Waals surface area contributed by atoms with E-state index in [4.69, 9.17) is 0 Å². The van der Waals surface area contributed by atoms with Crippen molar-refractivity contribution >= 4 is 0 Å². The van der Waals surface area contributed by atoms with Crippen LogP contribution in [0.4, 0.5) is 4.39 Å². The van der Waals surface area contributed by atoms with E-state index in [1.54, 1.807) is 0 Å². The zero-order valence-corrected chi connectivity index (χ0v) is 10.8. The number of alkyl halides is 1. The third-order valence-electron chi connectivity index (χ3n) is 3.02. The van der Waals surface area contributed by atoms with Crippen LogP contribution in [0.1, 0.15) is 57.1 Å². The van der Waals surface area contributed by atoms with Gasteiger partial charge in [0.2, 0.25) is 0 Å². The molecule has 1 unspecified atom stereocenters. The molecule has 0 aliphatic heterocycles. The Morgan fingerprint density at radius 3 is 1.81 bits per heavy atom. The summed E-state index contributed by atoms with van der Waals surface area (Å²) >= 11 is 0. The van der Waals surface area contributed by atoms with Gasteiger partial charge in [-0.15, -0.1) is 0 Å². The molecule has 1 heteroatoms. The molecule has 0 aliphatic rings. The summed E-state index contributed by atoms with van der Waals surface area (Å²) in [5.41, 5.74) is 2.46. The van der Waals surface area contributed by atoms with Crippen molar-refractivity contribution in [3.05, 3.63) is 35.4 Å². The molecule has 0 nitrogen and oxygen atoms in total. The Kier molecular flexibility index (Phi) is 4.98. The number of hydrogen-bond donors (Lipinski definition) is 0. The van der Waals surface area contributed by atoms with E-state index in [1.165, 1.54) is 5.56 Å². The smallest absolute Gasteiger partial charge is 0.0963 e. The minimum Gasteiger partial charge on any atom is -0.250 e. The van der Waals surface area contributed by atoms with E-state index < -0.39 is 0 Å². The van der Waals surface area contributed by atoms with Gasteiger partial charge in [-0.2, -0.15) is 0 Å². The second-order valence-electron chi connectivity index (χ2n) is 5.30. The van der Waals surface area contributed by atoms with E-state index in [-0.39, 0.29) is 12.6 Å². The van der Waals surface area contributed by atoms with Crippen LogP contribution in [0.5, 0.6) is 0 Å². The van der Waals surface area contributed by atoms with Crippen LogP contribution in [0, 0.1) is 5.92 Å². The summed E-state index contributed by atoms with van der Waals surface area (Å²) in [5, 5.41) is 0. The molecular weight excluding hydrogens is 199 g/mol. The zero-order valence-electron chi connectivity index (χ0n) is 10.8. The quantitative estimate of drug-likeness (QED) is 0.664. The Bertz CT molecular complexity index is 298. The first-order valence-electron chi connectivity index (χ1n) is 6.20. The number of rotatable bonds is 5. The van der Waals surface area contributed by atoms with Gasteiger partial charge in [-0.1, -0.05) is 52.0 Å². The van der Waals surface area contributed by atoms with E-state index in [1.807, 2.05) is 0 Å². The summed E-state index contributed by atoms with van der Waals surface area (Å²) in [7, 11) is 0. The predicted molar refractivity (Wildman–Crippen MR) is 68.7 cm³/mol. The molecule has 1 atom stereocenters. The topological polar surface area (TPSA) is 0 Å². The van der Waals surface area contributed by atoms with Crippen LogP contribution in [0.15, 0.2) is 24.3 Å². The summed E-state index contributed by atoms with van der Waals surface area (Å²) in [4.78, 5) is 0. The largest absolute Gasteiger partial charge is 0.250 e. The molecule has 0 saturated carbocycles. The Hall–Kier alpha value is -0.850. The fourth-order valence-corrected chi connectivity index (χ4v) is 2.01. The molecule has 0 bridgehead atoms. The van der Waals surface area contributed by atoms with Gasteiger partial charge in [0.1, 0.15) is 0 Å². The van der Waals surface area contributed by atoms with Gasteiger partial charge >= 0.3 is 0 Å². The third-order valence-corrected chi connectivity index (χ3v) is 3.02. The number of hydrogen-bond acceptors (Lipinski definition) is 0. The van der Waals surface area contributed by atoms with Crippen molar-refractivity contribution in [1.29, 1.82) is 0 Å². The second-order valence-corrected chi connectivity index (χ2v) is 5.30. The highest BCUT2D eigenvalue weighted by molar-refractivity contribution is 5.27. The third kappa shape index (κ3) is 3.62. The Morgan fingerprint density at radius 1 is 0.938 bits per heavy atom. The minimum atomic E-state index is -0.251. The van der Waals surface area contributed by atoms with Gasteiger partial charge < -0.3 is 0 Å². The summed E-state index contributed by atoms with van der Waals surface area (Å²) in [5.74, 6) is 1.16. The van der Waals surface area contributed by atoms with Crippen LogP contribution >= 0.6 is 0 Å². The second kappa shape index (κ2) is 6.03. The highest BCUT2D eigenvalue weighted by Crippen LogP contribution is 2.26. The van der Waals surface area contributed by atoms with E-state index in [0.29, 0.717) is 11.8 Å². The lowest BCUT2D eigenvalue weighted by atomic mass is 9.90. The fraction of sp³-hybridized carbons (Fsp3) is 0.600. The molecule has 0 spiro atoms. The van der Waals surface area contributed by atoms with Crippen molar-refractivity contribution in [2.45, 2.75) is 46.0 Å². The maximum Gasteiger partial charge on any atom is 0.0963 e. The standard InChI is InChI=1S/C15H23F/c1-11(2)9-15(10-16)14-7-5-13(6-8-14)12(3)4/h5-8,11-12,15H,9-10H2,1-4H3. The minimum absolute atomic E-state index is 0.0706. The Balaban J connectivity index is 2.78. The lowest BCUT2D eigenvalue weighted by molar-refractivity contribution is 0.381. The first kappa shape index (κ1) is 13.2. The molecule has 0 heterocycles. The molecule has 1 rings (SSSR count). The van der Waals surface area contributed by atoms with Crippen LogP contribution in [0.25, 0.3) is 0 Å². The maximum atomic E-state index is 13.0. The van der Waals surface area contributed by atoms with Gasteiger partial charge in [0.25, 0.3) is 0 Å². The summed E-state index contributed by atoms with van der Waals surface area (Å²) < 4.78 is 13.0. The average molecular weight is 222 g/mol. The highest BCUT2D eigenvalue weighted by Gasteiger charge is 2.13. The molecule has 0 fully saturated rings. The van der Waals surface area contributed by atoms with Crippen molar-refractivity contribution in [1.82, 2.24) is 0 Å². The predicted octanol–water partition coefficient (Wildman–Crippen LogP) is 4.91. The van der Waals surface area contributed by atoms with Crippen LogP contribution in [-0.2, 0) is 0 Å². The van der Waals surface area contributed by atoms with Crippen molar-refractivity contribution in [3.8, 4) is 0 Å². The molecule has 0 radical (unpaired) electrons. The average Bonchev–Trinajstić information content (AvgIpc) is 2.25. The van der Waals surface area contributed by atoms with Crippen molar-refractivity contribution in [2.24, 2.45) is 5.92 Å². The van der Waals surface area contributed by atoms with Gasteiger partial charge in [0.15, 0.2) is 0 Å². The molecule has 1 aromatic carbocycles. The summed E-state index contributed by atoms with van der Waals surface area (Å²) in [6, 6.07) is 8.43. The van der Waals surface area contributed by atoms with Crippen LogP contribution in [0.3, 0.4) is 0 Å². The van der Waals surface area contributed by atoms with Gasteiger partial charge in [0.05, 0.1) is 6.67 Å². The SMILES string of the molecule is CC(C)CC(CF)c1ccc(C(C)C)cc1. The molecule has 0 N–H and O–H groups in total. The molecule has 0 saturated heterocycles. The Morgan fingerprint density at radius 2 is 1.44 bits per heavy atom. The molecule has 16 heavy (non-hydrogen) atoms. The van der Waals surface area contributed by atoms with Gasteiger partial charge in [-0.3, -0.25) is 4.39 Å². The van der Waals surface area contributed by atoms with Crippen molar-refractivity contribution < 1.29 is 4.39 Å². The molecule has 1 aromatic rings. The maximum absolute atomic E-state index is 13.0. The first-order valence-corrected chi connectivity index (χ1v) is 6.20. The van der Waals surface area contributed by atoms with Gasteiger partial charge in [-0.05, 0) is 29.4 Å². The zero-order chi connectivity index (χ0) is 12.1. The Labute approximate surface area is 98.9 Å². The van der Waals surface area contributed by atoms with Gasteiger partial charge in [-0.25, -0.2) is 0 Å². The molecule has 0 amide bonds. The van der Waals surface area contributed by atoms with E-state index in [0.717, 1.165) is 12.0 Å².